The van der Waals surface area contributed by atoms with Gasteiger partial charge >= 0.3 is 0 Å². The summed E-state index contributed by atoms with van der Waals surface area (Å²) in [5.41, 5.74) is 2.26. The Labute approximate surface area is 133 Å². The molecular formula is C16H15N5O2. The van der Waals surface area contributed by atoms with E-state index >= 15 is 0 Å². The Bertz CT molecular complexity index is 780. The Morgan fingerprint density at radius 1 is 1.35 bits per heavy atom. The van der Waals surface area contributed by atoms with Crippen LogP contribution in [0.25, 0.3) is 4.85 Å². The Kier molecular flexibility index (Phi) is 4.06. The molecule has 1 heterocycles. The van der Waals surface area contributed by atoms with Crippen molar-refractivity contribution in [3.8, 4) is 5.88 Å². The van der Waals surface area contributed by atoms with Gasteiger partial charge in [0.2, 0.25) is 5.88 Å². The number of nitrogens with zero attached hydrogens (tertiary/aromatic N) is 3. The van der Waals surface area contributed by atoms with Crippen molar-refractivity contribution in [1.82, 2.24) is 10.2 Å². The summed E-state index contributed by atoms with van der Waals surface area (Å²) in [6.07, 6.45) is 3.57. The Balaban J connectivity index is 1.83. The van der Waals surface area contributed by atoms with Gasteiger partial charge in [0, 0.05) is 17.8 Å². The SMILES string of the molecule is [C-]#[N+]c1ccc(NC(=O)c2cnnc(OC)c2)c(NC2CC2)c1. The van der Waals surface area contributed by atoms with Gasteiger partial charge in [-0.2, -0.15) is 5.10 Å². The molecule has 0 atom stereocenters. The van der Waals surface area contributed by atoms with Crippen LogP contribution in [-0.4, -0.2) is 29.3 Å². The summed E-state index contributed by atoms with van der Waals surface area (Å²) in [5, 5.41) is 13.6. The zero-order valence-electron chi connectivity index (χ0n) is 12.5. The largest absolute Gasteiger partial charge is 0.480 e. The molecule has 1 amide bonds. The van der Waals surface area contributed by atoms with Gasteiger partial charge in [0.25, 0.3) is 5.91 Å². The van der Waals surface area contributed by atoms with Crippen LogP contribution in [0, 0.1) is 6.57 Å². The Morgan fingerprint density at radius 2 is 2.17 bits per heavy atom. The smallest absolute Gasteiger partial charge is 0.257 e. The molecule has 0 unspecified atom stereocenters. The number of ether oxygens (including phenoxy) is 1. The maximum atomic E-state index is 12.4. The van der Waals surface area contributed by atoms with E-state index in [1.807, 2.05) is 0 Å². The van der Waals surface area contributed by atoms with Gasteiger partial charge in [-0.25, -0.2) is 4.85 Å². The van der Waals surface area contributed by atoms with Crippen molar-refractivity contribution in [3.05, 3.63) is 47.4 Å². The monoisotopic (exact) mass is 309 g/mol. The molecule has 1 aliphatic rings. The fourth-order valence-electron chi connectivity index (χ4n) is 2.04. The molecular weight excluding hydrogens is 294 g/mol. The highest BCUT2D eigenvalue weighted by Crippen LogP contribution is 2.32. The number of nitrogens with one attached hydrogen (secondary N) is 2. The molecule has 0 bridgehead atoms. The summed E-state index contributed by atoms with van der Waals surface area (Å²) in [6, 6.07) is 7.07. The topological polar surface area (TPSA) is 80.5 Å². The van der Waals surface area contributed by atoms with Crippen LogP contribution in [0.3, 0.4) is 0 Å². The molecule has 1 aliphatic carbocycles. The number of amides is 1. The zero-order chi connectivity index (χ0) is 16.2. The van der Waals surface area contributed by atoms with Gasteiger partial charge in [-0.15, -0.1) is 5.10 Å². The van der Waals surface area contributed by atoms with Crippen molar-refractivity contribution >= 4 is 23.0 Å². The summed E-state index contributed by atoms with van der Waals surface area (Å²) in [4.78, 5) is 15.8. The van der Waals surface area contributed by atoms with Crippen LogP contribution < -0.4 is 15.4 Å². The number of benzene rings is 1. The lowest BCUT2D eigenvalue weighted by atomic mass is 10.2. The quantitative estimate of drug-likeness (QED) is 0.830. The first kappa shape index (κ1) is 14.8. The van der Waals surface area contributed by atoms with E-state index in [1.165, 1.54) is 19.4 Å². The Morgan fingerprint density at radius 3 is 2.87 bits per heavy atom. The average Bonchev–Trinajstić information content (AvgIpc) is 3.40. The molecule has 7 nitrogen and oxygen atoms in total. The van der Waals surface area contributed by atoms with Gasteiger partial charge in [-0.05, 0) is 25.0 Å². The van der Waals surface area contributed by atoms with Gasteiger partial charge in [0.1, 0.15) is 0 Å². The van der Waals surface area contributed by atoms with E-state index in [-0.39, 0.29) is 11.8 Å². The number of anilines is 2. The van der Waals surface area contributed by atoms with E-state index in [9.17, 15) is 4.79 Å². The Hall–Kier alpha value is -3.14. The van der Waals surface area contributed by atoms with E-state index in [0.717, 1.165) is 18.5 Å². The number of hydrogen-bond acceptors (Lipinski definition) is 5. The number of methoxy groups -OCH3 is 1. The van der Waals surface area contributed by atoms with E-state index in [0.29, 0.717) is 23.0 Å². The summed E-state index contributed by atoms with van der Waals surface area (Å²) < 4.78 is 4.97. The van der Waals surface area contributed by atoms with Crippen LogP contribution in [0.15, 0.2) is 30.5 Å². The first-order chi connectivity index (χ1) is 11.2. The maximum absolute atomic E-state index is 12.4. The van der Waals surface area contributed by atoms with Crippen molar-refractivity contribution < 1.29 is 9.53 Å². The fourth-order valence-corrected chi connectivity index (χ4v) is 2.04. The third kappa shape index (κ3) is 3.55. The van der Waals surface area contributed by atoms with Crippen molar-refractivity contribution in [3.63, 3.8) is 0 Å². The standard InChI is InChI=1S/C16H15N5O2/c1-17-12-5-6-13(14(8-12)19-11-3-4-11)20-16(22)10-7-15(23-2)21-18-9-10/h5-9,11,19H,3-4H2,2H3,(H,20,22). The number of hydrogen-bond donors (Lipinski definition) is 2. The van der Waals surface area contributed by atoms with Gasteiger partial charge in [-0.3, -0.25) is 4.79 Å². The van der Waals surface area contributed by atoms with E-state index in [4.69, 9.17) is 11.3 Å². The number of carbonyl (C=O) groups is 1. The molecule has 0 aliphatic heterocycles. The predicted molar refractivity (Wildman–Crippen MR) is 85.9 cm³/mol. The van der Waals surface area contributed by atoms with Crippen LogP contribution in [0.1, 0.15) is 23.2 Å². The van der Waals surface area contributed by atoms with E-state index < -0.39 is 0 Å². The zero-order valence-corrected chi connectivity index (χ0v) is 12.5. The van der Waals surface area contributed by atoms with Crippen molar-refractivity contribution in [1.29, 1.82) is 0 Å². The number of rotatable bonds is 5. The van der Waals surface area contributed by atoms with Crippen molar-refractivity contribution in [2.24, 2.45) is 0 Å². The van der Waals surface area contributed by atoms with Crippen molar-refractivity contribution in [2.75, 3.05) is 17.7 Å². The average molecular weight is 309 g/mol. The maximum Gasteiger partial charge on any atom is 0.257 e. The lowest BCUT2D eigenvalue weighted by Crippen LogP contribution is -2.15. The van der Waals surface area contributed by atoms with E-state index in [2.05, 4.69) is 25.7 Å². The number of aromatic nitrogens is 2. The molecule has 1 aromatic heterocycles. The molecule has 0 spiro atoms. The highest BCUT2D eigenvalue weighted by Gasteiger charge is 2.22. The molecule has 2 N–H and O–H groups in total. The van der Waals surface area contributed by atoms with Crippen molar-refractivity contribution in [2.45, 2.75) is 18.9 Å². The first-order valence-corrected chi connectivity index (χ1v) is 7.15. The van der Waals surface area contributed by atoms with Crippen LogP contribution in [0.5, 0.6) is 5.88 Å². The molecule has 1 saturated carbocycles. The van der Waals surface area contributed by atoms with Crippen LogP contribution in [-0.2, 0) is 0 Å². The van der Waals surface area contributed by atoms with E-state index in [1.54, 1.807) is 18.2 Å². The van der Waals surface area contributed by atoms with Gasteiger partial charge in [-0.1, -0.05) is 6.07 Å². The van der Waals surface area contributed by atoms with Gasteiger partial charge < -0.3 is 15.4 Å². The summed E-state index contributed by atoms with van der Waals surface area (Å²) in [6.45, 7) is 7.11. The molecule has 2 aromatic rings. The molecule has 116 valence electrons. The first-order valence-electron chi connectivity index (χ1n) is 7.15. The molecule has 0 saturated heterocycles. The molecule has 0 radical (unpaired) electrons. The lowest BCUT2D eigenvalue weighted by molar-refractivity contribution is 0.102. The minimum absolute atomic E-state index is 0.275. The number of carbonyl (C=O) groups excluding carboxylic acids is 1. The minimum Gasteiger partial charge on any atom is -0.480 e. The van der Waals surface area contributed by atoms with Crippen LogP contribution >= 0.6 is 0 Å². The molecule has 23 heavy (non-hydrogen) atoms. The van der Waals surface area contributed by atoms with Gasteiger partial charge in [0.15, 0.2) is 5.69 Å². The van der Waals surface area contributed by atoms with Gasteiger partial charge in [0.05, 0.1) is 31.1 Å². The summed E-state index contributed by atoms with van der Waals surface area (Å²) >= 11 is 0. The summed E-state index contributed by atoms with van der Waals surface area (Å²) in [5.74, 6) is -0.0371. The minimum atomic E-state index is -0.312. The third-order valence-electron chi connectivity index (χ3n) is 3.42. The fraction of sp³-hybridized carbons (Fsp3) is 0.250. The normalized spacial score (nSPS) is 13.0. The lowest BCUT2D eigenvalue weighted by Gasteiger charge is -2.13. The second kappa shape index (κ2) is 6.32. The summed E-state index contributed by atoms with van der Waals surface area (Å²) in [7, 11) is 1.46. The molecule has 7 heteroatoms. The van der Waals surface area contributed by atoms with Crippen LogP contribution in [0.2, 0.25) is 0 Å². The second-order valence-corrected chi connectivity index (χ2v) is 5.20. The molecule has 1 fully saturated rings. The third-order valence-corrected chi connectivity index (χ3v) is 3.42. The molecule has 1 aromatic carbocycles. The predicted octanol–water partition coefficient (Wildman–Crippen LogP) is 2.86. The van der Waals surface area contributed by atoms with Crippen LogP contribution in [0.4, 0.5) is 17.1 Å². The molecule has 3 rings (SSSR count). The highest BCUT2D eigenvalue weighted by atomic mass is 16.5. The second-order valence-electron chi connectivity index (χ2n) is 5.20. The highest BCUT2D eigenvalue weighted by molar-refractivity contribution is 6.06.